The maximum atomic E-state index is 10.3. The summed E-state index contributed by atoms with van der Waals surface area (Å²) >= 11 is 3.54. The molecule has 0 amide bonds. The van der Waals surface area contributed by atoms with Crippen molar-refractivity contribution in [2.24, 2.45) is 5.73 Å². The Bertz CT molecular complexity index is 356. The van der Waals surface area contributed by atoms with Crippen LogP contribution in [0.2, 0.25) is 0 Å². The molecule has 0 spiro atoms. The molecule has 3 heteroatoms. The van der Waals surface area contributed by atoms with Crippen molar-refractivity contribution in [3.8, 4) is 0 Å². The van der Waals surface area contributed by atoms with Crippen molar-refractivity contribution in [3.63, 3.8) is 0 Å². The summed E-state index contributed by atoms with van der Waals surface area (Å²) in [6.07, 6.45) is 6.61. The lowest BCUT2D eigenvalue weighted by molar-refractivity contribution is 0.132. The first kappa shape index (κ1) is 16.7. The van der Waals surface area contributed by atoms with E-state index in [4.69, 9.17) is 5.73 Å². The monoisotopic (exact) mass is 327 g/mol. The second kappa shape index (κ2) is 9.51. The van der Waals surface area contributed by atoms with Crippen LogP contribution in [0.5, 0.6) is 0 Å². The predicted octanol–water partition coefficient (Wildman–Crippen LogP) is 4.21. The van der Waals surface area contributed by atoms with E-state index in [9.17, 15) is 5.11 Å². The summed E-state index contributed by atoms with van der Waals surface area (Å²) in [5.41, 5.74) is 6.96. The number of hydrogen-bond acceptors (Lipinski definition) is 2. The Balaban J connectivity index is 2.48. The van der Waals surface area contributed by atoms with Gasteiger partial charge in [-0.25, -0.2) is 0 Å². The normalized spacial score (nSPS) is 14.3. The Hall–Kier alpha value is -0.380. The highest BCUT2D eigenvalue weighted by atomic mass is 79.9. The molecule has 1 aromatic rings. The van der Waals surface area contributed by atoms with E-state index in [0.29, 0.717) is 6.54 Å². The molecule has 0 bridgehead atoms. The van der Waals surface area contributed by atoms with Gasteiger partial charge in [-0.05, 0) is 18.1 Å². The number of nitrogens with two attached hydrogens (primary N) is 1. The van der Waals surface area contributed by atoms with Crippen molar-refractivity contribution in [2.75, 3.05) is 6.54 Å². The van der Waals surface area contributed by atoms with Crippen LogP contribution in [0.3, 0.4) is 0 Å². The van der Waals surface area contributed by atoms with Gasteiger partial charge in [-0.1, -0.05) is 73.2 Å². The molecule has 19 heavy (non-hydrogen) atoms. The minimum Gasteiger partial charge on any atom is -0.392 e. The van der Waals surface area contributed by atoms with Gasteiger partial charge in [0.05, 0.1) is 6.10 Å². The standard InChI is InChI=1S/C16H26BrNO/c1-2-3-4-5-6-11-16(19)14(12-18)13-9-7-8-10-15(13)17/h7-10,14,16,19H,2-6,11-12,18H2,1H3. The van der Waals surface area contributed by atoms with E-state index in [1.54, 1.807) is 0 Å². The van der Waals surface area contributed by atoms with Gasteiger partial charge in [0.2, 0.25) is 0 Å². The zero-order valence-corrected chi connectivity index (χ0v) is 13.4. The van der Waals surface area contributed by atoms with Gasteiger partial charge in [0.15, 0.2) is 0 Å². The Morgan fingerprint density at radius 1 is 1.16 bits per heavy atom. The number of halogens is 1. The first-order valence-corrected chi connectivity index (χ1v) is 8.12. The van der Waals surface area contributed by atoms with Crippen molar-refractivity contribution < 1.29 is 5.11 Å². The van der Waals surface area contributed by atoms with Crippen molar-refractivity contribution in [1.82, 2.24) is 0 Å². The lowest BCUT2D eigenvalue weighted by Crippen LogP contribution is -2.26. The van der Waals surface area contributed by atoms with Crippen molar-refractivity contribution in [3.05, 3.63) is 34.3 Å². The number of aliphatic hydroxyl groups excluding tert-OH is 1. The number of benzene rings is 1. The molecule has 108 valence electrons. The maximum Gasteiger partial charge on any atom is 0.0621 e. The van der Waals surface area contributed by atoms with E-state index in [2.05, 4.69) is 22.9 Å². The lowest BCUT2D eigenvalue weighted by Gasteiger charge is -2.23. The van der Waals surface area contributed by atoms with Crippen LogP contribution in [0.15, 0.2) is 28.7 Å². The third-order valence-corrected chi connectivity index (χ3v) is 4.35. The molecule has 2 atom stereocenters. The maximum absolute atomic E-state index is 10.3. The highest BCUT2D eigenvalue weighted by Gasteiger charge is 2.21. The zero-order valence-electron chi connectivity index (χ0n) is 11.8. The first-order chi connectivity index (χ1) is 9.20. The molecule has 1 rings (SSSR count). The second-order valence-corrected chi connectivity index (χ2v) is 5.99. The van der Waals surface area contributed by atoms with E-state index in [0.717, 1.165) is 22.9 Å². The van der Waals surface area contributed by atoms with Gasteiger partial charge in [0, 0.05) is 16.9 Å². The van der Waals surface area contributed by atoms with Gasteiger partial charge in [-0.2, -0.15) is 0 Å². The molecule has 0 aliphatic rings. The van der Waals surface area contributed by atoms with Gasteiger partial charge < -0.3 is 10.8 Å². The van der Waals surface area contributed by atoms with Gasteiger partial charge in [-0.15, -0.1) is 0 Å². The number of hydrogen-bond donors (Lipinski definition) is 2. The Kier molecular flexibility index (Phi) is 8.35. The van der Waals surface area contributed by atoms with Crippen molar-refractivity contribution in [2.45, 2.75) is 57.5 Å². The summed E-state index contributed by atoms with van der Waals surface area (Å²) in [6.45, 7) is 2.70. The minimum absolute atomic E-state index is 0.0294. The van der Waals surface area contributed by atoms with Gasteiger partial charge in [0.1, 0.15) is 0 Å². The van der Waals surface area contributed by atoms with E-state index < -0.39 is 0 Å². The molecular formula is C16H26BrNO. The van der Waals surface area contributed by atoms with Crippen LogP contribution in [0.4, 0.5) is 0 Å². The van der Waals surface area contributed by atoms with Crippen LogP contribution in [0, 0.1) is 0 Å². The third-order valence-electron chi connectivity index (χ3n) is 3.63. The molecule has 3 N–H and O–H groups in total. The fourth-order valence-electron chi connectivity index (χ4n) is 2.43. The Morgan fingerprint density at radius 3 is 2.47 bits per heavy atom. The highest BCUT2D eigenvalue weighted by molar-refractivity contribution is 9.10. The number of rotatable bonds is 9. The fourth-order valence-corrected chi connectivity index (χ4v) is 3.00. The second-order valence-electron chi connectivity index (χ2n) is 5.13. The molecule has 2 nitrogen and oxygen atoms in total. The van der Waals surface area contributed by atoms with Gasteiger partial charge >= 0.3 is 0 Å². The Labute approximate surface area is 125 Å². The molecule has 0 saturated carbocycles. The van der Waals surface area contributed by atoms with Crippen LogP contribution in [-0.4, -0.2) is 17.8 Å². The molecule has 0 fully saturated rings. The molecule has 2 unspecified atom stereocenters. The van der Waals surface area contributed by atoms with Gasteiger partial charge in [-0.3, -0.25) is 0 Å². The molecular weight excluding hydrogens is 302 g/mol. The predicted molar refractivity (Wildman–Crippen MR) is 85.3 cm³/mol. The van der Waals surface area contributed by atoms with E-state index in [-0.39, 0.29) is 12.0 Å². The zero-order chi connectivity index (χ0) is 14.1. The summed E-state index contributed by atoms with van der Waals surface area (Å²) in [5.74, 6) is 0.0294. The summed E-state index contributed by atoms with van der Waals surface area (Å²) in [4.78, 5) is 0. The summed E-state index contributed by atoms with van der Waals surface area (Å²) < 4.78 is 1.04. The van der Waals surface area contributed by atoms with E-state index in [1.165, 1.54) is 25.7 Å². The molecule has 0 saturated heterocycles. The minimum atomic E-state index is -0.342. The first-order valence-electron chi connectivity index (χ1n) is 7.33. The Morgan fingerprint density at radius 2 is 1.84 bits per heavy atom. The molecule has 0 heterocycles. The third kappa shape index (κ3) is 5.64. The van der Waals surface area contributed by atoms with E-state index in [1.807, 2.05) is 24.3 Å². The molecule has 0 aliphatic carbocycles. The summed E-state index contributed by atoms with van der Waals surface area (Å²) in [6, 6.07) is 8.03. The smallest absolute Gasteiger partial charge is 0.0621 e. The average molecular weight is 328 g/mol. The molecule has 1 aromatic carbocycles. The molecule has 0 aliphatic heterocycles. The number of aliphatic hydroxyl groups is 1. The van der Waals surface area contributed by atoms with Crippen LogP contribution < -0.4 is 5.73 Å². The quantitative estimate of drug-likeness (QED) is 0.667. The van der Waals surface area contributed by atoms with E-state index >= 15 is 0 Å². The van der Waals surface area contributed by atoms with Crippen LogP contribution >= 0.6 is 15.9 Å². The number of unbranched alkanes of at least 4 members (excludes halogenated alkanes) is 4. The molecule has 0 aromatic heterocycles. The summed E-state index contributed by atoms with van der Waals surface area (Å²) in [5, 5.41) is 10.3. The lowest BCUT2D eigenvalue weighted by atomic mass is 9.90. The topological polar surface area (TPSA) is 46.2 Å². The van der Waals surface area contributed by atoms with Crippen LogP contribution in [-0.2, 0) is 0 Å². The average Bonchev–Trinajstić information content (AvgIpc) is 2.41. The summed E-state index contributed by atoms with van der Waals surface area (Å²) in [7, 11) is 0. The van der Waals surface area contributed by atoms with Crippen molar-refractivity contribution in [1.29, 1.82) is 0 Å². The SMILES string of the molecule is CCCCCCCC(O)C(CN)c1ccccc1Br. The van der Waals surface area contributed by atoms with Gasteiger partial charge in [0.25, 0.3) is 0 Å². The molecule has 0 radical (unpaired) electrons. The largest absolute Gasteiger partial charge is 0.392 e. The highest BCUT2D eigenvalue weighted by Crippen LogP contribution is 2.28. The fraction of sp³-hybridized carbons (Fsp3) is 0.625. The van der Waals surface area contributed by atoms with Crippen molar-refractivity contribution >= 4 is 15.9 Å². The van der Waals surface area contributed by atoms with Crippen LogP contribution in [0.25, 0.3) is 0 Å². The van der Waals surface area contributed by atoms with Crippen LogP contribution in [0.1, 0.15) is 56.9 Å².